The van der Waals surface area contributed by atoms with Gasteiger partial charge in [0, 0.05) is 18.1 Å². The molecule has 6 heteroatoms. The number of aromatic carboxylic acids is 1. The van der Waals surface area contributed by atoms with Gasteiger partial charge in [-0.1, -0.05) is 11.8 Å². The standard InChI is InChI=1S/C11H11N3O2S/c1-7-5-10(14(2)13-7)17-8-3-4-12-9(6-8)11(15)16/h3-6H,1-2H3,(H,15,16). The van der Waals surface area contributed by atoms with Crippen LogP contribution in [0.25, 0.3) is 0 Å². The summed E-state index contributed by atoms with van der Waals surface area (Å²) in [5.41, 5.74) is 0.983. The van der Waals surface area contributed by atoms with Gasteiger partial charge in [-0.05, 0) is 25.1 Å². The van der Waals surface area contributed by atoms with Gasteiger partial charge in [0.05, 0.1) is 10.7 Å². The normalized spacial score (nSPS) is 10.5. The van der Waals surface area contributed by atoms with Crippen molar-refractivity contribution < 1.29 is 9.90 Å². The maximum absolute atomic E-state index is 10.8. The maximum atomic E-state index is 10.8. The van der Waals surface area contributed by atoms with E-state index in [0.717, 1.165) is 15.6 Å². The predicted molar refractivity (Wildman–Crippen MR) is 63.3 cm³/mol. The van der Waals surface area contributed by atoms with Crippen molar-refractivity contribution in [2.24, 2.45) is 7.05 Å². The van der Waals surface area contributed by atoms with Crippen LogP contribution in [-0.2, 0) is 7.05 Å². The molecule has 0 saturated heterocycles. The molecule has 0 radical (unpaired) electrons. The molecular weight excluding hydrogens is 238 g/mol. The Bertz CT molecular complexity index is 566. The molecule has 88 valence electrons. The summed E-state index contributed by atoms with van der Waals surface area (Å²) in [6.45, 7) is 1.92. The lowest BCUT2D eigenvalue weighted by molar-refractivity contribution is 0.0690. The number of rotatable bonds is 3. The van der Waals surface area contributed by atoms with Crippen LogP contribution in [0.2, 0.25) is 0 Å². The van der Waals surface area contributed by atoms with E-state index >= 15 is 0 Å². The summed E-state index contributed by atoms with van der Waals surface area (Å²) in [5.74, 6) is -1.02. The first kappa shape index (κ1) is 11.7. The van der Waals surface area contributed by atoms with Crippen molar-refractivity contribution in [1.82, 2.24) is 14.8 Å². The summed E-state index contributed by atoms with van der Waals surface area (Å²) < 4.78 is 1.76. The number of carboxylic acids is 1. The highest BCUT2D eigenvalue weighted by atomic mass is 32.2. The molecule has 1 N–H and O–H groups in total. The smallest absolute Gasteiger partial charge is 0.354 e. The Hall–Kier alpha value is -1.82. The number of carboxylic acid groups (broad SMARTS) is 1. The zero-order valence-electron chi connectivity index (χ0n) is 9.41. The van der Waals surface area contributed by atoms with E-state index in [2.05, 4.69) is 10.1 Å². The Morgan fingerprint density at radius 3 is 2.82 bits per heavy atom. The van der Waals surface area contributed by atoms with Gasteiger partial charge < -0.3 is 5.11 Å². The van der Waals surface area contributed by atoms with Gasteiger partial charge in [-0.15, -0.1) is 0 Å². The Balaban J connectivity index is 2.27. The summed E-state index contributed by atoms with van der Waals surface area (Å²) in [5, 5.41) is 14.0. The lowest BCUT2D eigenvalue weighted by Gasteiger charge is -2.02. The molecule has 0 fully saturated rings. The van der Waals surface area contributed by atoms with Crippen LogP contribution >= 0.6 is 11.8 Å². The van der Waals surface area contributed by atoms with Crippen molar-refractivity contribution >= 4 is 17.7 Å². The average Bonchev–Trinajstić information content (AvgIpc) is 2.58. The lowest BCUT2D eigenvalue weighted by Crippen LogP contribution is -1.99. The SMILES string of the molecule is Cc1cc(Sc2ccnc(C(=O)O)c2)n(C)n1. The second-order valence-corrected chi connectivity index (χ2v) is 4.63. The molecule has 17 heavy (non-hydrogen) atoms. The molecule has 0 unspecified atom stereocenters. The van der Waals surface area contributed by atoms with E-state index in [1.807, 2.05) is 20.0 Å². The first-order valence-electron chi connectivity index (χ1n) is 4.94. The number of aryl methyl sites for hydroxylation is 2. The fourth-order valence-electron chi connectivity index (χ4n) is 1.39. The minimum Gasteiger partial charge on any atom is -0.477 e. The third-order valence-electron chi connectivity index (χ3n) is 2.13. The molecule has 0 aromatic carbocycles. The molecule has 0 amide bonds. The number of pyridine rings is 1. The van der Waals surface area contributed by atoms with Crippen LogP contribution in [0.4, 0.5) is 0 Å². The van der Waals surface area contributed by atoms with Crippen LogP contribution in [0.3, 0.4) is 0 Å². The number of nitrogens with zero attached hydrogens (tertiary/aromatic N) is 3. The molecule has 0 spiro atoms. The molecule has 0 bridgehead atoms. The quantitative estimate of drug-likeness (QED) is 0.900. The van der Waals surface area contributed by atoms with Gasteiger partial charge in [0.25, 0.3) is 0 Å². The van der Waals surface area contributed by atoms with Crippen molar-refractivity contribution in [2.75, 3.05) is 0 Å². The van der Waals surface area contributed by atoms with Gasteiger partial charge in [0.2, 0.25) is 0 Å². The first-order chi connectivity index (χ1) is 8.06. The largest absolute Gasteiger partial charge is 0.477 e. The maximum Gasteiger partial charge on any atom is 0.354 e. The van der Waals surface area contributed by atoms with E-state index < -0.39 is 5.97 Å². The van der Waals surface area contributed by atoms with E-state index in [9.17, 15) is 4.79 Å². The van der Waals surface area contributed by atoms with Gasteiger partial charge in [0.15, 0.2) is 0 Å². The van der Waals surface area contributed by atoms with Crippen LogP contribution in [0, 0.1) is 6.92 Å². The number of carbonyl (C=O) groups is 1. The highest BCUT2D eigenvalue weighted by molar-refractivity contribution is 7.99. The topological polar surface area (TPSA) is 68.0 Å². The fourth-order valence-corrected chi connectivity index (χ4v) is 2.34. The lowest BCUT2D eigenvalue weighted by atomic mass is 10.3. The van der Waals surface area contributed by atoms with E-state index in [-0.39, 0.29) is 5.69 Å². The molecule has 2 heterocycles. The molecule has 0 aliphatic carbocycles. The first-order valence-corrected chi connectivity index (χ1v) is 5.76. The van der Waals surface area contributed by atoms with E-state index in [1.54, 1.807) is 16.8 Å². The van der Waals surface area contributed by atoms with Gasteiger partial charge >= 0.3 is 5.97 Å². The second kappa shape index (κ2) is 4.58. The van der Waals surface area contributed by atoms with Gasteiger partial charge in [-0.25, -0.2) is 9.78 Å². The summed E-state index contributed by atoms with van der Waals surface area (Å²) in [6, 6.07) is 5.28. The van der Waals surface area contributed by atoms with Crippen molar-refractivity contribution in [3.8, 4) is 0 Å². The molecule has 5 nitrogen and oxygen atoms in total. The Morgan fingerprint density at radius 2 is 2.24 bits per heavy atom. The van der Waals surface area contributed by atoms with Gasteiger partial charge in [0.1, 0.15) is 5.69 Å². The third kappa shape index (κ3) is 2.65. The highest BCUT2D eigenvalue weighted by Crippen LogP contribution is 2.27. The third-order valence-corrected chi connectivity index (χ3v) is 3.21. The van der Waals surface area contributed by atoms with Crippen LogP contribution in [0.1, 0.15) is 16.2 Å². The number of aromatic nitrogens is 3. The van der Waals surface area contributed by atoms with Crippen LogP contribution in [0.15, 0.2) is 34.3 Å². The Labute approximate surface area is 102 Å². The molecule has 0 aliphatic rings. The van der Waals surface area contributed by atoms with Crippen molar-refractivity contribution in [1.29, 1.82) is 0 Å². The van der Waals surface area contributed by atoms with Gasteiger partial charge in [-0.2, -0.15) is 5.10 Å². The number of hydrogen-bond donors (Lipinski definition) is 1. The van der Waals surface area contributed by atoms with E-state index in [1.165, 1.54) is 18.0 Å². The van der Waals surface area contributed by atoms with Gasteiger partial charge in [-0.3, -0.25) is 4.68 Å². The van der Waals surface area contributed by atoms with Crippen LogP contribution in [0.5, 0.6) is 0 Å². The fraction of sp³-hybridized carbons (Fsp3) is 0.182. The van der Waals surface area contributed by atoms with Crippen molar-refractivity contribution in [3.05, 3.63) is 35.8 Å². The van der Waals surface area contributed by atoms with E-state index in [4.69, 9.17) is 5.11 Å². The Morgan fingerprint density at radius 1 is 1.47 bits per heavy atom. The van der Waals surface area contributed by atoms with E-state index in [0.29, 0.717) is 0 Å². The monoisotopic (exact) mass is 249 g/mol. The highest BCUT2D eigenvalue weighted by Gasteiger charge is 2.08. The molecule has 2 aromatic heterocycles. The minimum absolute atomic E-state index is 0.0499. The van der Waals surface area contributed by atoms with Crippen molar-refractivity contribution in [2.45, 2.75) is 16.8 Å². The second-order valence-electron chi connectivity index (χ2n) is 3.53. The summed E-state index contributed by atoms with van der Waals surface area (Å²) in [6.07, 6.45) is 1.50. The van der Waals surface area contributed by atoms with Crippen LogP contribution < -0.4 is 0 Å². The molecular formula is C11H11N3O2S. The number of hydrogen-bond acceptors (Lipinski definition) is 4. The minimum atomic E-state index is -1.02. The van der Waals surface area contributed by atoms with Crippen molar-refractivity contribution in [3.63, 3.8) is 0 Å². The average molecular weight is 249 g/mol. The molecule has 2 aromatic rings. The summed E-state index contributed by atoms with van der Waals surface area (Å²) >= 11 is 1.46. The molecule has 0 aliphatic heterocycles. The summed E-state index contributed by atoms with van der Waals surface area (Å²) in [4.78, 5) is 15.4. The molecule has 0 atom stereocenters. The van der Waals surface area contributed by atoms with Crippen LogP contribution in [-0.4, -0.2) is 25.8 Å². The zero-order valence-corrected chi connectivity index (χ0v) is 10.2. The summed E-state index contributed by atoms with van der Waals surface area (Å²) in [7, 11) is 1.86. The Kier molecular flexibility index (Phi) is 3.14. The molecule has 2 rings (SSSR count). The predicted octanol–water partition coefficient (Wildman–Crippen LogP) is 1.97. The zero-order chi connectivity index (χ0) is 12.4. The molecule has 0 saturated carbocycles.